The summed E-state index contributed by atoms with van der Waals surface area (Å²) < 4.78 is 5.37. The van der Waals surface area contributed by atoms with E-state index in [0.717, 1.165) is 24.8 Å². The van der Waals surface area contributed by atoms with Crippen LogP contribution in [0.4, 0.5) is 0 Å². The smallest absolute Gasteiger partial charge is 0.169 e. The number of rotatable bonds is 3. The van der Waals surface area contributed by atoms with Gasteiger partial charge in [-0.05, 0) is 56.1 Å². The second-order valence-electron chi connectivity index (χ2n) is 7.32. The van der Waals surface area contributed by atoms with Gasteiger partial charge >= 0.3 is 0 Å². The van der Waals surface area contributed by atoms with Crippen molar-refractivity contribution in [1.82, 2.24) is 0 Å². The van der Waals surface area contributed by atoms with Crippen LogP contribution >= 0.6 is 0 Å². The quantitative estimate of drug-likeness (QED) is 0.567. The third-order valence-corrected chi connectivity index (χ3v) is 5.51. The maximum Gasteiger partial charge on any atom is 0.169 e. The van der Waals surface area contributed by atoms with Gasteiger partial charge in [0.1, 0.15) is 5.75 Å². The first-order valence-corrected chi connectivity index (χ1v) is 8.41. The molecule has 1 aromatic carbocycles. The Kier molecular flexibility index (Phi) is 4.12. The molecule has 0 saturated carbocycles. The monoisotopic (exact) mass is 298 g/mol. The van der Waals surface area contributed by atoms with Crippen LogP contribution in [0.25, 0.3) is 0 Å². The zero-order valence-electron chi connectivity index (χ0n) is 13.9. The highest BCUT2D eigenvalue weighted by molar-refractivity contribution is 6.00. The lowest BCUT2D eigenvalue weighted by Crippen LogP contribution is -2.29. The van der Waals surface area contributed by atoms with Crippen LogP contribution < -0.4 is 4.74 Å². The van der Waals surface area contributed by atoms with Crippen LogP contribution in [0.5, 0.6) is 5.75 Å². The van der Waals surface area contributed by atoms with Gasteiger partial charge in [-0.25, -0.2) is 0 Å². The van der Waals surface area contributed by atoms with Crippen LogP contribution in [-0.2, 0) is 0 Å². The summed E-state index contributed by atoms with van der Waals surface area (Å²) >= 11 is 0. The Labute approximate surface area is 133 Å². The summed E-state index contributed by atoms with van der Waals surface area (Å²) in [6.07, 6.45) is 6.84. The Hall–Kier alpha value is -1.57. The van der Waals surface area contributed by atoms with Gasteiger partial charge in [0.05, 0.1) is 12.7 Å². The lowest BCUT2D eigenvalue weighted by atomic mass is 9.65. The fourth-order valence-electron chi connectivity index (χ4n) is 4.21. The third-order valence-electron chi connectivity index (χ3n) is 5.51. The van der Waals surface area contributed by atoms with Crippen molar-refractivity contribution < 1.29 is 9.53 Å². The number of Topliss-reactive ketones (excluding diaryl/α,β-unsaturated/α-hetero) is 1. The fraction of sp³-hybridized carbons (Fsp3) is 0.550. The van der Waals surface area contributed by atoms with Gasteiger partial charge in [0.25, 0.3) is 0 Å². The number of benzene rings is 1. The van der Waals surface area contributed by atoms with Gasteiger partial charge in [-0.3, -0.25) is 4.79 Å². The van der Waals surface area contributed by atoms with Gasteiger partial charge in [0.2, 0.25) is 0 Å². The van der Waals surface area contributed by atoms with E-state index in [4.69, 9.17) is 4.74 Å². The summed E-state index contributed by atoms with van der Waals surface area (Å²) in [6, 6.07) is 7.62. The summed E-state index contributed by atoms with van der Waals surface area (Å²) in [6.45, 7) is 4.69. The van der Waals surface area contributed by atoms with Crippen molar-refractivity contribution in [3.63, 3.8) is 0 Å². The molecule has 0 radical (unpaired) electrons. The molecular formula is C20H26O2. The molecule has 0 saturated heterocycles. The van der Waals surface area contributed by atoms with Crippen LogP contribution in [0, 0.1) is 11.3 Å². The lowest BCUT2D eigenvalue weighted by Gasteiger charge is -2.40. The molecule has 1 atom stereocenters. The zero-order chi connectivity index (χ0) is 15.7. The van der Waals surface area contributed by atoms with E-state index in [1.807, 2.05) is 24.3 Å². The second kappa shape index (κ2) is 5.91. The maximum absolute atomic E-state index is 13.0. The minimum absolute atomic E-state index is 0.118. The Morgan fingerprint density at radius 3 is 2.77 bits per heavy atom. The average molecular weight is 298 g/mol. The Morgan fingerprint density at radius 1 is 1.23 bits per heavy atom. The zero-order valence-corrected chi connectivity index (χ0v) is 13.9. The van der Waals surface area contributed by atoms with Crippen LogP contribution in [0.2, 0.25) is 0 Å². The van der Waals surface area contributed by atoms with Crippen LogP contribution in [0.1, 0.15) is 62.7 Å². The van der Waals surface area contributed by atoms with Crippen LogP contribution in [-0.4, -0.2) is 12.9 Å². The summed E-state index contributed by atoms with van der Waals surface area (Å²) in [7, 11) is 1.64. The molecule has 0 spiro atoms. The SMILES string of the molecule is COc1ccccc1C(=O)C1CCC2=C(C1)C(C)(C)CCC2. The number of allylic oxidation sites excluding steroid dienone is 2. The molecule has 0 heterocycles. The van der Waals surface area contributed by atoms with Gasteiger partial charge in [0, 0.05) is 5.92 Å². The van der Waals surface area contributed by atoms with Crippen molar-refractivity contribution in [1.29, 1.82) is 0 Å². The van der Waals surface area contributed by atoms with Gasteiger partial charge in [-0.15, -0.1) is 0 Å². The Balaban J connectivity index is 1.86. The van der Waals surface area contributed by atoms with Gasteiger partial charge in [-0.2, -0.15) is 0 Å². The molecule has 2 heteroatoms. The largest absolute Gasteiger partial charge is 0.496 e. The molecule has 2 nitrogen and oxygen atoms in total. The normalized spacial score (nSPS) is 23.9. The summed E-state index contributed by atoms with van der Waals surface area (Å²) in [4.78, 5) is 13.0. The van der Waals surface area contributed by atoms with E-state index >= 15 is 0 Å². The van der Waals surface area contributed by atoms with E-state index < -0.39 is 0 Å². The van der Waals surface area contributed by atoms with Gasteiger partial charge < -0.3 is 4.74 Å². The van der Waals surface area contributed by atoms with Gasteiger partial charge in [-0.1, -0.05) is 37.1 Å². The highest BCUT2D eigenvalue weighted by Gasteiger charge is 2.36. The van der Waals surface area contributed by atoms with Crippen molar-refractivity contribution in [2.24, 2.45) is 11.3 Å². The summed E-state index contributed by atoms with van der Waals surface area (Å²) in [5.41, 5.74) is 4.22. The number of methoxy groups -OCH3 is 1. The number of hydrogen-bond acceptors (Lipinski definition) is 2. The second-order valence-corrected chi connectivity index (χ2v) is 7.32. The van der Waals surface area contributed by atoms with E-state index in [-0.39, 0.29) is 17.1 Å². The summed E-state index contributed by atoms with van der Waals surface area (Å²) in [5, 5.41) is 0. The van der Waals surface area contributed by atoms with Crippen LogP contribution in [0.15, 0.2) is 35.4 Å². The first-order valence-electron chi connectivity index (χ1n) is 8.41. The molecule has 3 rings (SSSR count). The molecule has 0 fully saturated rings. The lowest BCUT2D eigenvalue weighted by molar-refractivity contribution is 0.0897. The molecule has 1 unspecified atom stereocenters. The van der Waals surface area contributed by atoms with Crippen molar-refractivity contribution in [2.75, 3.05) is 7.11 Å². The molecule has 118 valence electrons. The molecular weight excluding hydrogens is 272 g/mol. The number of ether oxygens (including phenoxy) is 1. The predicted molar refractivity (Wildman–Crippen MR) is 89.3 cm³/mol. The molecule has 0 aromatic heterocycles. The van der Waals surface area contributed by atoms with E-state index in [1.54, 1.807) is 18.3 Å². The molecule has 2 aliphatic rings. The Morgan fingerprint density at radius 2 is 2.00 bits per heavy atom. The average Bonchev–Trinajstić information content (AvgIpc) is 2.53. The van der Waals surface area contributed by atoms with Crippen molar-refractivity contribution in [3.05, 3.63) is 41.0 Å². The number of carbonyl (C=O) groups excluding carboxylic acids is 1. The maximum atomic E-state index is 13.0. The molecule has 0 amide bonds. The summed E-state index contributed by atoms with van der Waals surface area (Å²) in [5.74, 6) is 1.08. The highest BCUT2D eigenvalue weighted by atomic mass is 16.5. The minimum atomic E-state index is 0.118. The number of carbonyl (C=O) groups is 1. The first kappa shape index (κ1) is 15.3. The standard InChI is InChI=1S/C20H26O2/c1-20(2)12-6-7-14-10-11-15(13-17(14)20)19(21)16-8-4-5-9-18(16)22-3/h4-5,8-9,15H,6-7,10-13H2,1-3H3. The molecule has 0 N–H and O–H groups in total. The van der Waals surface area contributed by atoms with E-state index in [0.29, 0.717) is 5.75 Å². The fourth-order valence-corrected chi connectivity index (χ4v) is 4.21. The van der Waals surface area contributed by atoms with Crippen molar-refractivity contribution in [3.8, 4) is 5.75 Å². The van der Waals surface area contributed by atoms with E-state index in [1.165, 1.54) is 19.3 Å². The van der Waals surface area contributed by atoms with Crippen molar-refractivity contribution >= 4 is 5.78 Å². The number of ketones is 1. The van der Waals surface area contributed by atoms with E-state index in [2.05, 4.69) is 13.8 Å². The molecule has 1 aromatic rings. The number of hydrogen-bond donors (Lipinski definition) is 0. The molecule has 0 aliphatic heterocycles. The van der Waals surface area contributed by atoms with Gasteiger partial charge in [0.15, 0.2) is 5.78 Å². The molecule has 22 heavy (non-hydrogen) atoms. The molecule has 0 bridgehead atoms. The third kappa shape index (κ3) is 2.71. The highest BCUT2D eigenvalue weighted by Crippen LogP contribution is 2.48. The predicted octanol–water partition coefficient (Wildman–Crippen LogP) is 5.18. The number of para-hydroxylation sites is 1. The van der Waals surface area contributed by atoms with E-state index in [9.17, 15) is 4.79 Å². The topological polar surface area (TPSA) is 26.3 Å². The first-order chi connectivity index (χ1) is 10.5. The minimum Gasteiger partial charge on any atom is -0.496 e. The Bertz CT molecular complexity index is 610. The van der Waals surface area contributed by atoms with Crippen LogP contribution in [0.3, 0.4) is 0 Å². The molecule has 2 aliphatic carbocycles. The van der Waals surface area contributed by atoms with Crippen molar-refractivity contribution in [2.45, 2.75) is 52.4 Å².